The lowest BCUT2D eigenvalue weighted by Crippen LogP contribution is -2.36. The summed E-state index contributed by atoms with van der Waals surface area (Å²) in [6, 6.07) is 3.52. The predicted molar refractivity (Wildman–Crippen MR) is 58.5 cm³/mol. The third-order valence-electron chi connectivity index (χ3n) is 2.18. The van der Waals surface area contributed by atoms with Gasteiger partial charge in [0.15, 0.2) is 18.9 Å². The van der Waals surface area contributed by atoms with Crippen LogP contribution in [0.2, 0.25) is 0 Å². The Bertz CT molecular complexity index is 575. The number of hydrogen-bond donors (Lipinski definition) is 1. The average Bonchev–Trinajstić information content (AvgIpc) is 2.79. The van der Waals surface area contributed by atoms with E-state index in [0.717, 1.165) is 5.56 Å². The fourth-order valence-electron chi connectivity index (χ4n) is 1.34. The molecule has 0 unspecified atom stereocenters. The van der Waals surface area contributed by atoms with Crippen LogP contribution in [0.5, 0.6) is 0 Å². The van der Waals surface area contributed by atoms with E-state index < -0.39 is 10.1 Å². The molecule has 0 aliphatic heterocycles. The average molecular weight is 255 g/mol. The summed E-state index contributed by atoms with van der Waals surface area (Å²) in [5.74, 6) is 0.197. The molecule has 17 heavy (non-hydrogen) atoms. The van der Waals surface area contributed by atoms with Crippen LogP contribution in [0.3, 0.4) is 0 Å². The van der Waals surface area contributed by atoms with E-state index in [-0.39, 0.29) is 12.3 Å². The zero-order valence-electron chi connectivity index (χ0n) is 8.85. The van der Waals surface area contributed by atoms with E-state index in [9.17, 15) is 8.42 Å². The van der Waals surface area contributed by atoms with E-state index in [1.165, 1.54) is 6.26 Å². The highest BCUT2D eigenvalue weighted by Gasteiger charge is 2.10. The number of rotatable bonds is 4. The minimum atomic E-state index is -3.93. The Hall–Kier alpha value is -1.73. The van der Waals surface area contributed by atoms with Gasteiger partial charge in [0.1, 0.15) is 12.0 Å². The molecule has 0 bridgehead atoms. The molecule has 0 saturated carbocycles. The van der Waals surface area contributed by atoms with Crippen LogP contribution in [0.15, 0.2) is 41.4 Å². The van der Waals surface area contributed by atoms with E-state index in [0.29, 0.717) is 5.89 Å². The van der Waals surface area contributed by atoms with Crippen molar-refractivity contribution in [3.8, 4) is 11.5 Å². The monoisotopic (exact) mass is 255 g/mol. The second kappa shape index (κ2) is 4.64. The summed E-state index contributed by atoms with van der Waals surface area (Å²) in [4.78, 5) is 3.99. The summed E-state index contributed by atoms with van der Waals surface area (Å²) in [6.07, 6.45) is 6.43. The molecule has 0 amide bonds. The zero-order chi connectivity index (χ0) is 12.3. The first-order valence-electron chi connectivity index (χ1n) is 4.89. The number of pyridine rings is 1. The molecule has 2 aromatic rings. The standard InChI is InChI=1S/C10H10N2O4S/c13-17(14,15)8-6-12-4-1-9(2-5-12)10-11-3-7-16-10/h1-5,7H,6,8H2/p+1. The molecule has 1 N–H and O–H groups in total. The Morgan fingerprint density at radius 3 is 2.59 bits per heavy atom. The van der Waals surface area contributed by atoms with Gasteiger partial charge >= 0.3 is 0 Å². The fraction of sp³-hybridized carbons (Fsp3) is 0.200. The van der Waals surface area contributed by atoms with Gasteiger partial charge in [-0.2, -0.15) is 8.42 Å². The normalized spacial score (nSPS) is 11.6. The number of nitrogens with zero attached hydrogens (tertiary/aromatic N) is 2. The minimum absolute atomic E-state index is 0.199. The number of hydrogen-bond acceptors (Lipinski definition) is 4. The second-order valence-electron chi connectivity index (χ2n) is 3.45. The highest BCUT2D eigenvalue weighted by molar-refractivity contribution is 7.85. The molecule has 0 fully saturated rings. The lowest BCUT2D eigenvalue weighted by molar-refractivity contribution is -0.692. The molecule has 0 aliphatic carbocycles. The smallest absolute Gasteiger partial charge is 0.271 e. The van der Waals surface area contributed by atoms with Crippen LogP contribution in [0, 0.1) is 0 Å². The summed E-state index contributed by atoms with van der Waals surface area (Å²) in [5, 5.41) is 0. The minimum Gasteiger partial charge on any atom is -0.445 e. The molecule has 0 aliphatic rings. The Morgan fingerprint density at radius 1 is 1.35 bits per heavy atom. The largest absolute Gasteiger partial charge is 0.445 e. The van der Waals surface area contributed by atoms with Crippen molar-refractivity contribution in [1.82, 2.24) is 4.98 Å². The van der Waals surface area contributed by atoms with Crippen LogP contribution in [0.1, 0.15) is 0 Å². The molecule has 0 aromatic carbocycles. The molecule has 90 valence electrons. The van der Waals surface area contributed by atoms with Crippen LogP contribution >= 0.6 is 0 Å². The van der Waals surface area contributed by atoms with Gasteiger partial charge in [-0.3, -0.25) is 4.55 Å². The first kappa shape index (κ1) is 11.7. The van der Waals surface area contributed by atoms with Gasteiger partial charge in [0.05, 0.1) is 6.20 Å². The zero-order valence-corrected chi connectivity index (χ0v) is 9.67. The van der Waals surface area contributed by atoms with Gasteiger partial charge in [-0.05, 0) is 0 Å². The lowest BCUT2D eigenvalue weighted by atomic mass is 10.3. The molecule has 0 spiro atoms. The van der Waals surface area contributed by atoms with Crippen LogP contribution in [-0.2, 0) is 16.7 Å². The highest BCUT2D eigenvalue weighted by Crippen LogP contribution is 2.13. The van der Waals surface area contributed by atoms with Crippen LogP contribution in [0.4, 0.5) is 0 Å². The van der Waals surface area contributed by atoms with Crippen molar-refractivity contribution in [3.63, 3.8) is 0 Å². The lowest BCUT2D eigenvalue weighted by Gasteiger charge is -1.96. The maximum absolute atomic E-state index is 10.6. The van der Waals surface area contributed by atoms with Crippen molar-refractivity contribution in [2.24, 2.45) is 0 Å². The highest BCUT2D eigenvalue weighted by atomic mass is 32.2. The number of aryl methyl sites for hydroxylation is 1. The molecule has 0 radical (unpaired) electrons. The summed E-state index contributed by atoms with van der Waals surface area (Å²) < 4.78 is 36.5. The van der Waals surface area contributed by atoms with E-state index in [1.54, 1.807) is 35.3 Å². The summed E-state index contributed by atoms with van der Waals surface area (Å²) >= 11 is 0. The summed E-state index contributed by atoms with van der Waals surface area (Å²) in [7, 11) is -3.93. The van der Waals surface area contributed by atoms with Crippen molar-refractivity contribution in [2.45, 2.75) is 6.54 Å². The molecule has 6 nitrogen and oxygen atoms in total. The molecule has 2 aromatic heterocycles. The molecule has 0 atom stereocenters. The molecular weight excluding hydrogens is 244 g/mol. The Kier molecular flexibility index (Phi) is 3.21. The van der Waals surface area contributed by atoms with E-state index in [4.69, 9.17) is 8.97 Å². The van der Waals surface area contributed by atoms with Crippen LogP contribution < -0.4 is 4.57 Å². The van der Waals surface area contributed by atoms with E-state index in [1.807, 2.05) is 0 Å². The molecule has 2 rings (SSSR count). The molecular formula is C10H11N2O4S+. The number of oxazole rings is 1. The Balaban J connectivity index is 2.09. The molecule has 0 saturated heterocycles. The van der Waals surface area contributed by atoms with Gasteiger partial charge in [-0.25, -0.2) is 9.55 Å². The topological polar surface area (TPSA) is 84.3 Å². The first-order valence-corrected chi connectivity index (χ1v) is 6.50. The Morgan fingerprint density at radius 2 is 2.06 bits per heavy atom. The van der Waals surface area contributed by atoms with E-state index >= 15 is 0 Å². The Labute approximate surface area is 98.3 Å². The van der Waals surface area contributed by atoms with Crippen molar-refractivity contribution in [1.29, 1.82) is 0 Å². The van der Waals surface area contributed by atoms with E-state index in [2.05, 4.69) is 4.98 Å². The summed E-state index contributed by atoms with van der Waals surface area (Å²) in [5.41, 5.74) is 0.804. The summed E-state index contributed by atoms with van der Waals surface area (Å²) in [6.45, 7) is 0.199. The van der Waals surface area contributed by atoms with Gasteiger partial charge < -0.3 is 4.42 Å². The van der Waals surface area contributed by atoms with Crippen LogP contribution in [-0.4, -0.2) is 23.7 Å². The third kappa shape index (κ3) is 3.36. The van der Waals surface area contributed by atoms with Crippen molar-refractivity contribution < 1.29 is 22.0 Å². The first-order chi connectivity index (χ1) is 8.04. The SMILES string of the molecule is O=S(=O)(O)CC[n+]1ccc(-c2ncco2)cc1. The van der Waals surface area contributed by atoms with Gasteiger partial charge in [0.25, 0.3) is 10.1 Å². The predicted octanol–water partition coefficient (Wildman–Crippen LogP) is 0.517. The van der Waals surface area contributed by atoms with Crippen molar-refractivity contribution >= 4 is 10.1 Å². The molecule has 2 heterocycles. The van der Waals surface area contributed by atoms with Gasteiger partial charge in [-0.1, -0.05) is 0 Å². The quantitative estimate of drug-likeness (QED) is 0.636. The van der Waals surface area contributed by atoms with Crippen molar-refractivity contribution in [2.75, 3.05) is 5.75 Å². The van der Waals surface area contributed by atoms with Crippen molar-refractivity contribution in [3.05, 3.63) is 37.0 Å². The molecule has 7 heteroatoms. The van der Waals surface area contributed by atoms with Gasteiger partial charge in [0, 0.05) is 17.7 Å². The van der Waals surface area contributed by atoms with Crippen LogP contribution in [0.25, 0.3) is 11.5 Å². The fourth-order valence-corrected chi connectivity index (χ4v) is 1.78. The third-order valence-corrected chi connectivity index (χ3v) is 2.88. The maximum atomic E-state index is 10.6. The maximum Gasteiger partial charge on any atom is 0.271 e. The van der Waals surface area contributed by atoms with Gasteiger partial charge in [0.2, 0.25) is 5.89 Å². The second-order valence-corrected chi connectivity index (χ2v) is 5.02. The number of aromatic nitrogens is 2. The van der Waals surface area contributed by atoms with Gasteiger partial charge in [-0.15, -0.1) is 0 Å².